The van der Waals surface area contributed by atoms with Crippen LogP contribution >= 0.6 is 0 Å². The first kappa shape index (κ1) is 14.2. The fourth-order valence-corrected chi connectivity index (χ4v) is 1.53. The van der Waals surface area contributed by atoms with Gasteiger partial charge in [0.2, 0.25) is 11.8 Å². The molecule has 1 aromatic rings. The Morgan fingerprint density at radius 2 is 2.28 bits per heavy atom. The summed E-state index contributed by atoms with van der Waals surface area (Å²) in [7, 11) is 0. The van der Waals surface area contributed by atoms with Gasteiger partial charge in [-0.1, -0.05) is 13.8 Å². The van der Waals surface area contributed by atoms with Gasteiger partial charge in [0, 0.05) is 18.8 Å². The van der Waals surface area contributed by atoms with Gasteiger partial charge in [-0.2, -0.15) is 4.98 Å². The Labute approximate surface area is 107 Å². The summed E-state index contributed by atoms with van der Waals surface area (Å²) in [5, 5.41) is 8.90. The quantitative estimate of drug-likeness (QED) is 0.792. The summed E-state index contributed by atoms with van der Waals surface area (Å²) in [6.07, 6.45) is 1.57. The van der Waals surface area contributed by atoms with Crippen molar-refractivity contribution in [3.8, 4) is 5.88 Å². The van der Waals surface area contributed by atoms with Crippen molar-refractivity contribution < 1.29 is 14.6 Å². The van der Waals surface area contributed by atoms with E-state index in [4.69, 9.17) is 9.84 Å². The van der Waals surface area contributed by atoms with E-state index in [1.807, 2.05) is 20.8 Å². The van der Waals surface area contributed by atoms with Gasteiger partial charge < -0.3 is 14.7 Å². The number of aliphatic carboxylic acids is 1. The number of hydrogen-bond acceptors (Lipinski definition) is 5. The molecular weight excluding hydrogens is 234 g/mol. The summed E-state index contributed by atoms with van der Waals surface area (Å²) in [5.41, 5.74) is 0. The highest BCUT2D eigenvalue weighted by Gasteiger charge is 2.15. The lowest BCUT2D eigenvalue weighted by atomic mass is 10.2. The van der Waals surface area contributed by atoms with E-state index in [9.17, 15) is 4.79 Å². The molecule has 0 saturated heterocycles. The van der Waals surface area contributed by atoms with Gasteiger partial charge in [-0.3, -0.25) is 4.79 Å². The Kier molecular flexibility index (Phi) is 5.35. The Morgan fingerprint density at radius 1 is 1.56 bits per heavy atom. The number of hydrogen-bond donors (Lipinski definition) is 1. The number of aromatic nitrogens is 2. The molecule has 18 heavy (non-hydrogen) atoms. The van der Waals surface area contributed by atoms with Crippen LogP contribution in [0.5, 0.6) is 5.88 Å². The highest BCUT2D eigenvalue weighted by Crippen LogP contribution is 2.14. The van der Waals surface area contributed by atoms with Crippen molar-refractivity contribution in [1.29, 1.82) is 0 Å². The van der Waals surface area contributed by atoms with Crippen LogP contribution in [0, 0.1) is 5.92 Å². The van der Waals surface area contributed by atoms with Crippen molar-refractivity contribution in [2.75, 3.05) is 24.6 Å². The molecule has 100 valence electrons. The molecule has 1 N–H and O–H groups in total. The topological polar surface area (TPSA) is 75.5 Å². The molecule has 0 saturated carbocycles. The Morgan fingerprint density at radius 3 is 2.83 bits per heavy atom. The normalized spacial score (nSPS) is 10.4. The lowest BCUT2D eigenvalue weighted by Crippen LogP contribution is -2.34. The second-order valence-corrected chi connectivity index (χ2v) is 4.30. The minimum atomic E-state index is -0.902. The molecule has 0 aromatic carbocycles. The molecule has 1 heterocycles. The van der Waals surface area contributed by atoms with Crippen molar-refractivity contribution in [3.05, 3.63) is 12.3 Å². The van der Waals surface area contributed by atoms with Gasteiger partial charge in [0.05, 0.1) is 6.61 Å². The average Bonchev–Trinajstić information content (AvgIpc) is 2.28. The minimum Gasteiger partial charge on any atom is -0.480 e. The molecule has 0 spiro atoms. The van der Waals surface area contributed by atoms with Crippen molar-refractivity contribution in [2.24, 2.45) is 5.92 Å². The van der Waals surface area contributed by atoms with Crippen LogP contribution in [0.3, 0.4) is 0 Å². The second-order valence-electron chi connectivity index (χ2n) is 4.30. The van der Waals surface area contributed by atoms with E-state index >= 15 is 0 Å². The fourth-order valence-electron chi connectivity index (χ4n) is 1.53. The predicted molar refractivity (Wildman–Crippen MR) is 67.9 cm³/mol. The number of nitrogens with zero attached hydrogens (tertiary/aromatic N) is 3. The zero-order chi connectivity index (χ0) is 13.5. The largest absolute Gasteiger partial charge is 0.480 e. The van der Waals surface area contributed by atoms with E-state index in [1.54, 1.807) is 17.2 Å². The van der Waals surface area contributed by atoms with Crippen LogP contribution in [-0.4, -0.2) is 40.7 Å². The maximum atomic E-state index is 10.8. The first-order valence-corrected chi connectivity index (χ1v) is 5.95. The van der Waals surface area contributed by atoms with E-state index in [1.165, 1.54) is 0 Å². The summed E-state index contributed by atoms with van der Waals surface area (Å²) in [6.45, 7) is 6.88. The van der Waals surface area contributed by atoms with Gasteiger partial charge in [0.25, 0.3) is 0 Å². The van der Waals surface area contributed by atoms with Crippen LogP contribution in [-0.2, 0) is 4.79 Å². The van der Waals surface area contributed by atoms with Gasteiger partial charge in [-0.05, 0) is 12.8 Å². The number of anilines is 1. The molecule has 0 aliphatic heterocycles. The molecule has 1 aromatic heterocycles. The summed E-state index contributed by atoms with van der Waals surface area (Å²) < 4.78 is 5.28. The zero-order valence-electron chi connectivity index (χ0n) is 11.0. The molecule has 1 rings (SSSR count). The number of ether oxygens (including phenoxy) is 1. The molecule has 0 aliphatic rings. The van der Waals surface area contributed by atoms with Gasteiger partial charge in [0.15, 0.2) is 0 Å². The molecule has 6 heteroatoms. The lowest BCUT2D eigenvalue weighted by Gasteiger charge is -2.22. The van der Waals surface area contributed by atoms with Crippen LogP contribution in [0.25, 0.3) is 0 Å². The lowest BCUT2D eigenvalue weighted by molar-refractivity contribution is -0.135. The number of rotatable bonds is 7. The van der Waals surface area contributed by atoms with Crippen LogP contribution in [0.2, 0.25) is 0 Å². The third-order valence-corrected chi connectivity index (χ3v) is 2.10. The Balaban J connectivity index is 2.88. The van der Waals surface area contributed by atoms with Crippen LogP contribution in [0.4, 0.5) is 5.95 Å². The first-order chi connectivity index (χ1) is 8.52. The minimum absolute atomic E-state index is 0.117. The predicted octanol–water partition coefficient (Wildman–Crippen LogP) is 1.42. The van der Waals surface area contributed by atoms with E-state index in [0.717, 1.165) is 0 Å². The molecule has 0 bridgehead atoms. The van der Waals surface area contributed by atoms with Crippen molar-refractivity contribution in [2.45, 2.75) is 20.8 Å². The zero-order valence-corrected chi connectivity index (χ0v) is 11.0. The number of carboxylic acids is 1. The molecule has 0 unspecified atom stereocenters. The number of carbonyl (C=O) groups is 1. The molecular formula is C12H19N3O3. The van der Waals surface area contributed by atoms with E-state index in [2.05, 4.69) is 9.97 Å². The molecule has 0 fully saturated rings. The maximum Gasteiger partial charge on any atom is 0.323 e. The van der Waals surface area contributed by atoms with Gasteiger partial charge in [-0.15, -0.1) is 0 Å². The Bertz CT molecular complexity index is 396. The third-order valence-electron chi connectivity index (χ3n) is 2.10. The van der Waals surface area contributed by atoms with Crippen molar-refractivity contribution >= 4 is 11.9 Å². The summed E-state index contributed by atoms with van der Waals surface area (Å²) in [5.74, 6) is 0.267. The second kappa shape index (κ2) is 6.78. The van der Waals surface area contributed by atoms with Gasteiger partial charge >= 0.3 is 5.97 Å². The monoisotopic (exact) mass is 253 g/mol. The summed E-state index contributed by atoms with van der Waals surface area (Å²) in [4.78, 5) is 20.8. The number of carboxylic acid groups (broad SMARTS) is 1. The van der Waals surface area contributed by atoms with Gasteiger partial charge in [0.1, 0.15) is 6.54 Å². The molecule has 0 radical (unpaired) electrons. The van der Waals surface area contributed by atoms with Crippen LogP contribution < -0.4 is 9.64 Å². The molecule has 0 aliphatic carbocycles. The van der Waals surface area contributed by atoms with Gasteiger partial charge in [-0.25, -0.2) is 4.98 Å². The SMILES string of the molecule is CCOc1ccnc(N(CC(=O)O)CC(C)C)n1. The van der Waals surface area contributed by atoms with Crippen molar-refractivity contribution in [3.63, 3.8) is 0 Å². The van der Waals surface area contributed by atoms with Crippen LogP contribution in [0.1, 0.15) is 20.8 Å². The third kappa shape index (κ3) is 4.57. The molecule has 0 amide bonds. The summed E-state index contributed by atoms with van der Waals surface area (Å²) >= 11 is 0. The Hall–Kier alpha value is -1.85. The molecule has 0 atom stereocenters. The highest BCUT2D eigenvalue weighted by atomic mass is 16.5. The highest BCUT2D eigenvalue weighted by molar-refractivity contribution is 5.72. The standard InChI is InChI=1S/C12H19N3O3/c1-4-18-10-5-6-13-12(14-10)15(7-9(2)3)8-11(16)17/h5-6,9H,4,7-8H2,1-3H3,(H,16,17). The fraction of sp³-hybridized carbons (Fsp3) is 0.583. The maximum absolute atomic E-state index is 10.8. The average molecular weight is 253 g/mol. The van der Waals surface area contributed by atoms with E-state index in [0.29, 0.717) is 30.9 Å². The van der Waals surface area contributed by atoms with E-state index in [-0.39, 0.29) is 6.54 Å². The van der Waals surface area contributed by atoms with E-state index < -0.39 is 5.97 Å². The molecule has 6 nitrogen and oxygen atoms in total. The van der Waals surface area contributed by atoms with Crippen LogP contribution in [0.15, 0.2) is 12.3 Å². The smallest absolute Gasteiger partial charge is 0.323 e. The van der Waals surface area contributed by atoms with Crippen molar-refractivity contribution in [1.82, 2.24) is 9.97 Å². The summed E-state index contributed by atoms with van der Waals surface area (Å²) in [6, 6.07) is 1.65. The first-order valence-electron chi connectivity index (χ1n) is 5.95.